The molecule has 1 aromatic heterocycles. The fourth-order valence-electron chi connectivity index (χ4n) is 1.75. The molecule has 4 nitrogen and oxygen atoms in total. The molecule has 0 bridgehead atoms. The Kier molecular flexibility index (Phi) is 3.04. The van der Waals surface area contributed by atoms with Gasteiger partial charge in [-0.2, -0.15) is 0 Å². The summed E-state index contributed by atoms with van der Waals surface area (Å²) in [4.78, 5) is 0. The van der Waals surface area contributed by atoms with Gasteiger partial charge in [-0.25, -0.2) is 0 Å². The fourth-order valence-corrected chi connectivity index (χ4v) is 1.93. The van der Waals surface area contributed by atoms with E-state index in [1.165, 1.54) is 0 Å². The van der Waals surface area contributed by atoms with Crippen LogP contribution >= 0.6 is 11.6 Å². The summed E-state index contributed by atoms with van der Waals surface area (Å²) < 4.78 is 5.39. The van der Waals surface area contributed by atoms with Crippen molar-refractivity contribution in [3.05, 3.63) is 16.3 Å². The van der Waals surface area contributed by atoms with Gasteiger partial charge in [0.15, 0.2) is 11.0 Å². The standard InChI is InChI=1S/C11H16ClN3O/c1-7-8(2)10(15-14-9(7)12)13-11(3)4-5-16-6-11/h4-6H2,1-3H3,(H,13,15). The Morgan fingerprint density at radius 2 is 2.06 bits per heavy atom. The Labute approximate surface area is 100 Å². The highest BCUT2D eigenvalue weighted by atomic mass is 35.5. The Morgan fingerprint density at radius 3 is 2.69 bits per heavy atom. The van der Waals surface area contributed by atoms with E-state index >= 15 is 0 Å². The maximum atomic E-state index is 5.91. The molecule has 88 valence electrons. The first kappa shape index (κ1) is 11.6. The molecule has 5 heteroatoms. The molecule has 1 aliphatic heterocycles. The average Bonchev–Trinajstić information content (AvgIpc) is 2.67. The zero-order valence-electron chi connectivity index (χ0n) is 9.80. The minimum atomic E-state index is -0.0420. The van der Waals surface area contributed by atoms with E-state index in [2.05, 4.69) is 22.4 Å². The van der Waals surface area contributed by atoms with Gasteiger partial charge < -0.3 is 10.1 Å². The van der Waals surface area contributed by atoms with E-state index in [0.717, 1.165) is 30.0 Å². The van der Waals surface area contributed by atoms with Gasteiger partial charge in [-0.05, 0) is 38.3 Å². The van der Waals surface area contributed by atoms with Crippen LogP contribution in [0.5, 0.6) is 0 Å². The van der Waals surface area contributed by atoms with Crippen LogP contribution in [0.3, 0.4) is 0 Å². The van der Waals surface area contributed by atoms with Gasteiger partial charge in [-0.15, -0.1) is 10.2 Å². The lowest BCUT2D eigenvalue weighted by molar-refractivity contribution is 0.185. The molecule has 1 N–H and O–H groups in total. The van der Waals surface area contributed by atoms with Gasteiger partial charge in [0.25, 0.3) is 0 Å². The molecule has 1 saturated heterocycles. The van der Waals surface area contributed by atoms with Crippen molar-refractivity contribution in [3.8, 4) is 0 Å². The molecule has 1 aromatic rings. The van der Waals surface area contributed by atoms with E-state index in [4.69, 9.17) is 16.3 Å². The summed E-state index contributed by atoms with van der Waals surface area (Å²) in [5.74, 6) is 0.801. The maximum Gasteiger partial charge on any atom is 0.155 e. The van der Waals surface area contributed by atoms with Gasteiger partial charge in [0.1, 0.15) is 0 Å². The zero-order chi connectivity index (χ0) is 11.8. The number of halogens is 1. The highest BCUT2D eigenvalue weighted by molar-refractivity contribution is 6.30. The van der Waals surface area contributed by atoms with Crippen LogP contribution in [0.2, 0.25) is 5.15 Å². The lowest BCUT2D eigenvalue weighted by Gasteiger charge is -2.25. The third-order valence-corrected chi connectivity index (χ3v) is 3.46. The molecule has 16 heavy (non-hydrogen) atoms. The van der Waals surface area contributed by atoms with Gasteiger partial charge in [0.05, 0.1) is 12.1 Å². The molecular formula is C11H16ClN3O. The fraction of sp³-hybridized carbons (Fsp3) is 0.636. The number of nitrogens with zero attached hydrogens (tertiary/aromatic N) is 2. The van der Waals surface area contributed by atoms with Crippen molar-refractivity contribution >= 4 is 17.4 Å². The number of rotatable bonds is 2. The molecule has 0 radical (unpaired) electrons. The highest BCUT2D eigenvalue weighted by Gasteiger charge is 2.30. The SMILES string of the molecule is Cc1c(Cl)nnc(NC2(C)CCOC2)c1C. The Bertz CT molecular complexity index is 402. The zero-order valence-corrected chi connectivity index (χ0v) is 10.6. The Balaban J connectivity index is 2.25. The van der Waals surface area contributed by atoms with E-state index in [0.29, 0.717) is 11.8 Å². The molecule has 0 aromatic carbocycles. The summed E-state index contributed by atoms with van der Waals surface area (Å²) in [5, 5.41) is 11.9. The van der Waals surface area contributed by atoms with Crippen molar-refractivity contribution in [2.24, 2.45) is 0 Å². The monoisotopic (exact) mass is 241 g/mol. The minimum absolute atomic E-state index is 0.0420. The average molecular weight is 242 g/mol. The van der Waals surface area contributed by atoms with E-state index in [1.807, 2.05) is 13.8 Å². The molecule has 1 aliphatic rings. The predicted octanol–water partition coefficient (Wildman–Crippen LogP) is 2.34. The summed E-state index contributed by atoms with van der Waals surface area (Å²) in [6.45, 7) is 7.58. The van der Waals surface area contributed by atoms with Crippen LogP contribution in [0.15, 0.2) is 0 Å². The van der Waals surface area contributed by atoms with Gasteiger partial charge in [-0.1, -0.05) is 11.6 Å². The van der Waals surface area contributed by atoms with Gasteiger partial charge in [-0.3, -0.25) is 0 Å². The molecule has 2 heterocycles. The Morgan fingerprint density at radius 1 is 1.31 bits per heavy atom. The quantitative estimate of drug-likeness (QED) is 0.864. The normalized spacial score (nSPS) is 24.8. The molecule has 1 unspecified atom stereocenters. The second-order valence-electron chi connectivity index (χ2n) is 4.58. The maximum absolute atomic E-state index is 5.91. The van der Waals surface area contributed by atoms with Crippen molar-refractivity contribution in [1.82, 2.24) is 10.2 Å². The van der Waals surface area contributed by atoms with Crippen molar-refractivity contribution in [2.75, 3.05) is 18.5 Å². The van der Waals surface area contributed by atoms with Gasteiger partial charge in [0.2, 0.25) is 0 Å². The van der Waals surface area contributed by atoms with E-state index in [9.17, 15) is 0 Å². The smallest absolute Gasteiger partial charge is 0.155 e. The van der Waals surface area contributed by atoms with Gasteiger partial charge >= 0.3 is 0 Å². The number of hydrogen-bond donors (Lipinski definition) is 1. The van der Waals surface area contributed by atoms with Crippen LogP contribution in [-0.4, -0.2) is 29.0 Å². The number of hydrogen-bond acceptors (Lipinski definition) is 4. The number of aromatic nitrogens is 2. The lowest BCUT2D eigenvalue weighted by atomic mass is 10.0. The molecule has 1 atom stereocenters. The highest BCUT2D eigenvalue weighted by Crippen LogP contribution is 2.27. The first-order valence-corrected chi connectivity index (χ1v) is 5.75. The predicted molar refractivity (Wildman–Crippen MR) is 64.0 cm³/mol. The molecule has 0 spiro atoms. The van der Waals surface area contributed by atoms with Crippen molar-refractivity contribution in [3.63, 3.8) is 0 Å². The van der Waals surface area contributed by atoms with Crippen LogP contribution < -0.4 is 5.32 Å². The third kappa shape index (κ3) is 2.13. The minimum Gasteiger partial charge on any atom is -0.379 e. The van der Waals surface area contributed by atoms with Crippen LogP contribution in [-0.2, 0) is 4.74 Å². The van der Waals surface area contributed by atoms with Crippen molar-refractivity contribution in [2.45, 2.75) is 32.7 Å². The molecule has 0 saturated carbocycles. The first-order valence-electron chi connectivity index (χ1n) is 5.37. The third-order valence-electron chi connectivity index (χ3n) is 3.10. The Hall–Kier alpha value is -0.870. The largest absolute Gasteiger partial charge is 0.379 e. The van der Waals surface area contributed by atoms with Crippen molar-refractivity contribution in [1.29, 1.82) is 0 Å². The van der Waals surface area contributed by atoms with Crippen LogP contribution in [0, 0.1) is 13.8 Å². The number of nitrogens with one attached hydrogen (secondary N) is 1. The first-order chi connectivity index (χ1) is 7.52. The van der Waals surface area contributed by atoms with Crippen LogP contribution in [0.25, 0.3) is 0 Å². The molecule has 0 aliphatic carbocycles. The lowest BCUT2D eigenvalue weighted by Crippen LogP contribution is -2.35. The summed E-state index contributed by atoms with van der Waals surface area (Å²) in [7, 11) is 0. The summed E-state index contributed by atoms with van der Waals surface area (Å²) >= 11 is 5.91. The number of ether oxygens (including phenoxy) is 1. The summed E-state index contributed by atoms with van der Waals surface area (Å²) in [5.41, 5.74) is 1.98. The second-order valence-corrected chi connectivity index (χ2v) is 4.94. The molecule has 0 amide bonds. The molecular weight excluding hydrogens is 226 g/mol. The van der Waals surface area contributed by atoms with E-state index in [1.54, 1.807) is 0 Å². The van der Waals surface area contributed by atoms with E-state index in [-0.39, 0.29) is 5.54 Å². The van der Waals surface area contributed by atoms with Crippen molar-refractivity contribution < 1.29 is 4.74 Å². The second kappa shape index (κ2) is 4.18. The van der Waals surface area contributed by atoms with Crippen LogP contribution in [0.1, 0.15) is 24.5 Å². The molecule has 1 fully saturated rings. The molecule has 2 rings (SSSR count). The summed E-state index contributed by atoms with van der Waals surface area (Å²) in [6, 6.07) is 0. The van der Waals surface area contributed by atoms with E-state index < -0.39 is 0 Å². The van der Waals surface area contributed by atoms with Crippen LogP contribution in [0.4, 0.5) is 5.82 Å². The topological polar surface area (TPSA) is 47.0 Å². The number of anilines is 1. The summed E-state index contributed by atoms with van der Waals surface area (Å²) in [6.07, 6.45) is 0.982. The van der Waals surface area contributed by atoms with Gasteiger partial charge in [0, 0.05) is 6.61 Å².